The zero-order valence-electron chi connectivity index (χ0n) is 12.7. The lowest BCUT2D eigenvalue weighted by Gasteiger charge is -2.33. The third-order valence-corrected chi connectivity index (χ3v) is 4.74. The van der Waals surface area contributed by atoms with Gasteiger partial charge in [-0.05, 0) is 43.7 Å². The van der Waals surface area contributed by atoms with Crippen LogP contribution in [0.5, 0.6) is 0 Å². The topological polar surface area (TPSA) is 29.9 Å². The van der Waals surface area contributed by atoms with Crippen molar-refractivity contribution in [1.82, 2.24) is 15.1 Å². The first-order valence-electron chi connectivity index (χ1n) is 7.87. The van der Waals surface area contributed by atoms with Gasteiger partial charge in [-0.15, -0.1) is 0 Å². The third kappa shape index (κ3) is 4.07. The fraction of sp³-hybridized carbons (Fsp3) is 0.812. The fourth-order valence-corrected chi connectivity index (χ4v) is 3.62. The van der Waals surface area contributed by atoms with Crippen molar-refractivity contribution in [1.29, 1.82) is 0 Å². The Labute approximate surface area is 117 Å². The highest BCUT2D eigenvalue weighted by atomic mass is 15.2. The van der Waals surface area contributed by atoms with E-state index in [-0.39, 0.29) is 0 Å². The molecule has 1 N–H and O–H groups in total. The summed E-state index contributed by atoms with van der Waals surface area (Å²) in [6.45, 7) is 2.31. The average Bonchev–Trinajstić information content (AvgIpc) is 2.83. The highest BCUT2D eigenvalue weighted by Gasteiger charge is 2.26. The summed E-state index contributed by atoms with van der Waals surface area (Å²) in [6, 6.07) is 0.617. The van der Waals surface area contributed by atoms with Gasteiger partial charge < -0.3 is 5.32 Å². The van der Waals surface area contributed by atoms with Gasteiger partial charge in [0.25, 0.3) is 0 Å². The van der Waals surface area contributed by atoms with Gasteiger partial charge in [0.2, 0.25) is 0 Å². The fourth-order valence-electron chi connectivity index (χ4n) is 3.62. The number of nitrogens with one attached hydrogen (secondary N) is 1. The number of hydrogen-bond donors (Lipinski definition) is 1. The second kappa shape index (κ2) is 7.09. The van der Waals surface area contributed by atoms with Crippen molar-refractivity contribution < 1.29 is 0 Å². The monoisotopic (exact) mass is 263 g/mol. The zero-order valence-corrected chi connectivity index (χ0v) is 12.7. The second-order valence-corrected chi connectivity index (χ2v) is 6.19. The van der Waals surface area contributed by atoms with Crippen molar-refractivity contribution in [3.63, 3.8) is 0 Å². The van der Waals surface area contributed by atoms with Crippen molar-refractivity contribution in [3.05, 3.63) is 18.0 Å². The predicted octanol–water partition coefficient (Wildman–Crippen LogP) is 3.16. The molecule has 3 nitrogen and oxygen atoms in total. The Balaban J connectivity index is 1.85. The summed E-state index contributed by atoms with van der Waals surface area (Å²) >= 11 is 0. The largest absolute Gasteiger partial charge is 0.316 e. The van der Waals surface area contributed by atoms with Crippen molar-refractivity contribution in [2.24, 2.45) is 18.9 Å². The molecule has 1 aliphatic rings. The van der Waals surface area contributed by atoms with Crippen LogP contribution in [0.15, 0.2) is 12.4 Å². The molecule has 1 heterocycles. The van der Waals surface area contributed by atoms with E-state index in [1.54, 1.807) is 0 Å². The predicted molar refractivity (Wildman–Crippen MR) is 80.1 cm³/mol. The van der Waals surface area contributed by atoms with Crippen LogP contribution in [0.2, 0.25) is 0 Å². The molecule has 1 atom stereocenters. The molecule has 2 rings (SSSR count). The lowest BCUT2D eigenvalue weighted by molar-refractivity contribution is 0.217. The number of aryl methyl sites for hydroxylation is 1. The van der Waals surface area contributed by atoms with E-state index in [1.807, 2.05) is 17.9 Å². The van der Waals surface area contributed by atoms with Gasteiger partial charge in [-0.1, -0.05) is 32.6 Å². The molecule has 1 unspecified atom stereocenters. The van der Waals surface area contributed by atoms with Crippen molar-refractivity contribution >= 4 is 0 Å². The highest BCUT2D eigenvalue weighted by Crippen LogP contribution is 2.33. The van der Waals surface area contributed by atoms with Crippen molar-refractivity contribution in [2.75, 3.05) is 7.05 Å². The van der Waals surface area contributed by atoms with E-state index < -0.39 is 0 Å². The van der Waals surface area contributed by atoms with E-state index in [2.05, 4.69) is 30.6 Å². The summed E-state index contributed by atoms with van der Waals surface area (Å²) in [7, 11) is 4.10. The van der Waals surface area contributed by atoms with Crippen LogP contribution in [-0.2, 0) is 13.5 Å². The van der Waals surface area contributed by atoms with Gasteiger partial charge in [0.1, 0.15) is 0 Å². The van der Waals surface area contributed by atoms with Gasteiger partial charge in [-0.3, -0.25) is 4.68 Å². The SMILES string of the molecule is CCCC1CCC(C(Cc2cnn(C)c2)NC)CC1. The molecule has 0 radical (unpaired) electrons. The minimum absolute atomic E-state index is 0.617. The maximum atomic E-state index is 4.27. The molecule has 1 aliphatic carbocycles. The van der Waals surface area contributed by atoms with E-state index in [1.165, 1.54) is 44.1 Å². The normalized spacial score (nSPS) is 25.4. The minimum atomic E-state index is 0.617. The Kier molecular flexibility index (Phi) is 5.44. The van der Waals surface area contributed by atoms with Gasteiger partial charge in [-0.2, -0.15) is 5.10 Å². The van der Waals surface area contributed by atoms with Gasteiger partial charge >= 0.3 is 0 Å². The van der Waals surface area contributed by atoms with E-state index in [0.717, 1.165) is 18.3 Å². The lowest BCUT2D eigenvalue weighted by atomic mass is 9.76. The van der Waals surface area contributed by atoms with Gasteiger partial charge in [0, 0.05) is 19.3 Å². The van der Waals surface area contributed by atoms with Crippen LogP contribution in [0.25, 0.3) is 0 Å². The summed E-state index contributed by atoms with van der Waals surface area (Å²) in [5.41, 5.74) is 1.36. The number of hydrogen-bond acceptors (Lipinski definition) is 2. The quantitative estimate of drug-likeness (QED) is 0.854. The first kappa shape index (κ1) is 14.6. The molecule has 1 fully saturated rings. The number of nitrogens with zero attached hydrogens (tertiary/aromatic N) is 2. The van der Waals surface area contributed by atoms with Crippen LogP contribution in [-0.4, -0.2) is 22.9 Å². The summed E-state index contributed by atoms with van der Waals surface area (Å²) in [5.74, 6) is 1.84. The number of aromatic nitrogens is 2. The van der Waals surface area contributed by atoms with Crippen LogP contribution in [0.3, 0.4) is 0 Å². The van der Waals surface area contributed by atoms with Gasteiger partial charge in [0.15, 0.2) is 0 Å². The number of likely N-dealkylation sites (N-methyl/N-ethyl adjacent to an activating group) is 1. The first-order chi connectivity index (χ1) is 9.22. The van der Waals surface area contributed by atoms with Gasteiger partial charge in [0.05, 0.1) is 6.20 Å². The van der Waals surface area contributed by atoms with Crippen LogP contribution < -0.4 is 5.32 Å². The Morgan fingerprint density at radius 1 is 1.37 bits per heavy atom. The molecule has 0 aliphatic heterocycles. The van der Waals surface area contributed by atoms with Crippen LogP contribution in [0, 0.1) is 11.8 Å². The molecular formula is C16H29N3. The smallest absolute Gasteiger partial charge is 0.0522 e. The molecule has 19 heavy (non-hydrogen) atoms. The third-order valence-electron chi connectivity index (χ3n) is 4.74. The zero-order chi connectivity index (χ0) is 13.7. The molecule has 0 bridgehead atoms. The maximum Gasteiger partial charge on any atom is 0.0522 e. The Hall–Kier alpha value is -0.830. The molecule has 1 aromatic rings. The molecule has 0 saturated heterocycles. The Morgan fingerprint density at radius 3 is 2.63 bits per heavy atom. The summed E-state index contributed by atoms with van der Waals surface area (Å²) in [4.78, 5) is 0. The Bertz CT molecular complexity index is 364. The van der Waals surface area contributed by atoms with Crippen LogP contribution in [0.1, 0.15) is 51.0 Å². The molecule has 0 amide bonds. The minimum Gasteiger partial charge on any atom is -0.316 e. The molecule has 108 valence electrons. The van der Waals surface area contributed by atoms with Crippen LogP contribution in [0.4, 0.5) is 0 Å². The standard InChI is InChI=1S/C16H29N3/c1-4-5-13-6-8-15(9-7-13)16(17-2)10-14-11-18-19(3)12-14/h11-13,15-17H,4-10H2,1-3H3. The summed E-state index contributed by atoms with van der Waals surface area (Å²) < 4.78 is 1.90. The second-order valence-electron chi connectivity index (χ2n) is 6.19. The van der Waals surface area contributed by atoms with E-state index in [0.29, 0.717) is 6.04 Å². The van der Waals surface area contributed by atoms with Crippen molar-refractivity contribution in [2.45, 2.75) is 57.9 Å². The molecule has 1 saturated carbocycles. The maximum absolute atomic E-state index is 4.27. The molecule has 1 aromatic heterocycles. The lowest BCUT2D eigenvalue weighted by Crippen LogP contribution is -2.37. The molecule has 3 heteroatoms. The average molecular weight is 263 g/mol. The van der Waals surface area contributed by atoms with Gasteiger partial charge in [-0.25, -0.2) is 0 Å². The number of rotatable bonds is 6. The van der Waals surface area contributed by atoms with Crippen molar-refractivity contribution in [3.8, 4) is 0 Å². The first-order valence-corrected chi connectivity index (χ1v) is 7.87. The highest BCUT2D eigenvalue weighted by molar-refractivity contribution is 5.06. The summed E-state index contributed by atoms with van der Waals surface area (Å²) in [6.07, 6.45) is 13.7. The van der Waals surface area contributed by atoms with E-state index >= 15 is 0 Å². The molecule has 0 spiro atoms. The summed E-state index contributed by atoms with van der Waals surface area (Å²) in [5, 5.41) is 7.81. The molecule has 0 aromatic carbocycles. The van der Waals surface area contributed by atoms with E-state index in [4.69, 9.17) is 0 Å². The molecular weight excluding hydrogens is 234 g/mol. The van der Waals surface area contributed by atoms with E-state index in [9.17, 15) is 0 Å². The Morgan fingerprint density at radius 2 is 2.11 bits per heavy atom. The van der Waals surface area contributed by atoms with Crippen LogP contribution >= 0.6 is 0 Å².